The Morgan fingerprint density at radius 1 is 1.33 bits per heavy atom. The largest absolute Gasteiger partial charge is 0.366 e. The van der Waals surface area contributed by atoms with Crippen LogP contribution < -0.4 is 10.2 Å². The van der Waals surface area contributed by atoms with Crippen LogP contribution in [0, 0.1) is 11.6 Å². The Hall–Kier alpha value is -0.870. The van der Waals surface area contributed by atoms with Gasteiger partial charge in [-0.2, -0.15) is 0 Å². The molecule has 0 aliphatic carbocycles. The van der Waals surface area contributed by atoms with Gasteiger partial charge in [-0.1, -0.05) is 11.6 Å². The molecule has 2 rings (SSSR count). The van der Waals surface area contributed by atoms with Crippen LogP contribution in [-0.4, -0.2) is 25.2 Å². The van der Waals surface area contributed by atoms with E-state index in [4.69, 9.17) is 11.6 Å². The van der Waals surface area contributed by atoms with Crippen LogP contribution in [0.5, 0.6) is 0 Å². The minimum atomic E-state index is -0.645. The number of benzene rings is 1. The van der Waals surface area contributed by atoms with Crippen molar-refractivity contribution in [1.29, 1.82) is 0 Å². The van der Waals surface area contributed by atoms with Crippen LogP contribution in [0.15, 0.2) is 12.1 Å². The average Bonchev–Trinajstić information content (AvgIpc) is 2.37. The molecule has 1 aromatic carbocycles. The molecule has 1 fully saturated rings. The Balaban J connectivity index is 2.35. The van der Waals surface area contributed by atoms with E-state index in [0.29, 0.717) is 18.8 Å². The van der Waals surface area contributed by atoms with Gasteiger partial charge in [0.15, 0.2) is 5.82 Å². The summed E-state index contributed by atoms with van der Waals surface area (Å²) in [6.45, 7) is 6.33. The number of anilines is 1. The van der Waals surface area contributed by atoms with E-state index in [1.807, 2.05) is 4.90 Å². The summed E-state index contributed by atoms with van der Waals surface area (Å²) >= 11 is 5.97. The molecule has 0 amide bonds. The molecule has 0 saturated carbocycles. The van der Waals surface area contributed by atoms with Gasteiger partial charge in [0.25, 0.3) is 0 Å². The lowest BCUT2D eigenvalue weighted by Gasteiger charge is -2.32. The lowest BCUT2D eigenvalue weighted by Crippen LogP contribution is -2.46. The first-order valence-corrected chi connectivity index (χ1v) is 6.41. The van der Waals surface area contributed by atoms with E-state index in [0.717, 1.165) is 25.1 Å². The zero-order chi connectivity index (χ0) is 13.3. The summed E-state index contributed by atoms with van der Waals surface area (Å²) in [5, 5.41) is 3.52. The van der Waals surface area contributed by atoms with Crippen molar-refractivity contribution in [2.45, 2.75) is 25.8 Å². The van der Waals surface area contributed by atoms with Crippen LogP contribution in [0.2, 0.25) is 5.02 Å². The van der Waals surface area contributed by atoms with Crippen LogP contribution in [0.3, 0.4) is 0 Å². The van der Waals surface area contributed by atoms with Gasteiger partial charge in [-0.25, -0.2) is 8.78 Å². The molecule has 1 heterocycles. The molecule has 0 aromatic heterocycles. The topological polar surface area (TPSA) is 15.3 Å². The van der Waals surface area contributed by atoms with Gasteiger partial charge in [-0.15, -0.1) is 0 Å². The van der Waals surface area contributed by atoms with E-state index < -0.39 is 11.6 Å². The van der Waals surface area contributed by atoms with Crippen LogP contribution in [0.1, 0.15) is 20.3 Å². The third kappa shape index (κ3) is 2.93. The lowest BCUT2D eigenvalue weighted by atomic mass is 10.1. The highest BCUT2D eigenvalue weighted by Crippen LogP contribution is 2.31. The van der Waals surface area contributed by atoms with Crippen molar-refractivity contribution in [1.82, 2.24) is 5.32 Å². The first kappa shape index (κ1) is 13.6. The SMILES string of the molecule is CC1(C)CN(c2c(F)cc(F)cc2Cl)CCCN1. The fourth-order valence-electron chi connectivity index (χ4n) is 2.34. The quantitative estimate of drug-likeness (QED) is 0.846. The van der Waals surface area contributed by atoms with Gasteiger partial charge in [-0.05, 0) is 32.9 Å². The van der Waals surface area contributed by atoms with Gasteiger partial charge >= 0.3 is 0 Å². The first-order chi connectivity index (χ1) is 8.39. The maximum Gasteiger partial charge on any atom is 0.150 e. The second-order valence-corrected chi connectivity index (χ2v) is 5.71. The Labute approximate surface area is 111 Å². The van der Waals surface area contributed by atoms with Gasteiger partial charge < -0.3 is 10.2 Å². The van der Waals surface area contributed by atoms with E-state index in [9.17, 15) is 8.78 Å². The van der Waals surface area contributed by atoms with E-state index in [1.165, 1.54) is 0 Å². The molecule has 0 unspecified atom stereocenters. The molecule has 2 nitrogen and oxygen atoms in total. The van der Waals surface area contributed by atoms with E-state index >= 15 is 0 Å². The van der Waals surface area contributed by atoms with Crippen molar-refractivity contribution >= 4 is 17.3 Å². The minimum Gasteiger partial charge on any atom is -0.366 e. The fraction of sp³-hybridized carbons (Fsp3) is 0.538. The second kappa shape index (κ2) is 5.02. The highest BCUT2D eigenvalue weighted by atomic mass is 35.5. The molecule has 1 aliphatic rings. The van der Waals surface area contributed by atoms with Gasteiger partial charge in [0.05, 0.1) is 10.7 Å². The molecule has 18 heavy (non-hydrogen) atoms. The maximum atomic E-state index is 13.9. The molecule has 1 saturated heterocycles. The smallest absolute Gasteiger partial charge is 0.150 e. The average molecular weight is 275 g/mol. The Morgan fingerprint density at radius 3 is 2.72 bits per heavy atom. The maximum absolute atomic E-state index is 13.9. The molecular formula is C13H17ClF2N2. The van der Waals surface area contributed by atoms with Crippen LogP contribution in [-0.2, 0) is 0 Å². The molecule has 0 atom stereocenters. The summed E-state index contributed by atoms with van der Waals surface area (Å²) in [6.07, 6.45) is 0.899. The molecule has 1 aliphatic heterocycles. The molecule has 0 radical (unpaired) electrons. The summed E-state index contributed by atoms with van der Waals surface area (Å²) in [5.41, 5.74) is 0.176. The van der Waals surface area contributed by atoms with Crippen molar-refractivity contribution in [3.05, 3.63) is 28.8 Å². The van der Waals surface area contributed by atoms with Crippen molar-refractivity contribution in [3.63, 3.8) is 0 Å². The molecule has 1 aromatic rings. The number of nitrogens with zero attached hydrogens (tertiary/aromatic N) is 1. The Bertz CT molecular complexity index is 426. The number of halogens is 3. The van der Waals surface area contributed by atoms with Crippen LogP contribution >= 0.6 is 11.6 Å². The minimum absolute atomic E-state index is 0.124. The second-order valence-electron chi connectivity index (χ2n) is 5.30. The highest BCUT2D eigenvalue weighted by Gasteiger charge is 2.27. The first-order valence-electron chi connectivity index (χ1n) is 6.03. The van der Waals surface area contributed by atoms with Gasteiger partial charge in [0.2, 0.25) is 0 Å². The van der Waals surface area contributed by atoms with Crippen molar-refractivity contribution in [3.8, 4) is 0 Å². The van der Waals surface area contributed by atoms with Gasteiger partial charge in [0, 0.05) is 24.7 Å². The van der Waals surface area contributed by atoms with Gasteiger partial charge in [-0.3, -0.25) is 0 Å². The number of hydrogen-bond acceptors (Lipinski definition) is 2. The summed E-state index contributed by atoms with van der Waals surface area (Å²) in [6, 6.07) is 2.04. The van der Waals surface area contributed by atoms with Crippen LogP contribution in [0.4, 0.5) is 14.5 Å². The highest BCUT2D eigenvalue weighted by molar-refractivity contribution is 6.33. The number of rotatable bonds is 1. The van der Waals surface area contributed by atoms with E-state index in [2.05, 4.69) is 19.2 Å². The van der Waals surface area contributed by atoms with E-state index in [1.54, 1.807) is 0 Å². The molecule has 1 N–H and O–H groups in total. The monoisotopic (exact) mass is 274 g/mol. The zero-order valence-corrected chi connectivity index (χ0v) is 11.3. The molecule has 0 spiro atoms. The van der Waals surface area contributed by atoms with Gasteiger partial charge in [0.1, 0.15) is 5.82 Å². The fourth-order valence-corrected chi connectivity index (χ4v) is 2.65. The summed E-state index contributed by atoms with van der Waals surface area (Å²) in [7, 11) is 0. The molecule has 5 heteroatoms. The van der Waals surface area contributed by atoms with Crippen molar-refractivity contribution in [2.75, 3.05) is 24.5 Å². The van der Waals surface area contributed by atoms with Crippen LogP contribution in [0.25, 0.3) is 0 Å². The van der Waals surface area contributed by atoms with E-state index in [-0.39, 0.29) is 10.6 Å². The normalized spacial score (nSPS) is 19.7. The number of hydrogen-bond donors (Lipinski definition) is 1. The Kier molecular flexibility index (Phi) is 3.78. The molecule has 100 valence electrons. The lowest BCUT2D eigenvalue weighted by molar-refractivity contribution is 0.415. The predicted octanol–water partition coefficient (Wildman–Crippen LogP) is 3.20. The standard InChI is InChI=1S/C13H17ClF2N2/c1-13(2)8-18(5-3-4-17-13)12-10(14)6-9(15)7-11(12)16/h6-7,17H,3-5,8H2,1-2H3. The summed E-state index contributed by atoms with van der Waals surface area (Å²) in [5.74, 6) is -1.24. The summed E-state index contributed by atoms with van der Waals surface area (Å²) < 4.78 is 26.9. The third-order valence-electron chi connectivity index (χ3n) is 3.09. The molecular weight excluding hydrogens is 258 g/mol. The zero-order valence-electron chi connectivity index (χ0n) is 10.6. The van der Waals surface area contributed by atoms with Crippen molar-refractivity contribution < 1.29 is 8.78 Å². The van der Waals surface area contributed by atoms with Crippen molar-refractivity contribution in [2.24, 2.45) is 0 Å². The summed E-state index contributed by atoms with van der Waals surface area (Å²) in [4.78, 5) is 1.89. The predicted molar refractivity (Wildman–Crippen MR) is 70.3 cm³/mol. The number of nitrogens with one attached hydrogen (secondary N) is 1. The Morgan fingerprint density at radius 2 is 2.06 bits per heavy atom. The molecule has 0 bridgehead atoms. The third-order valence-corrected chi connectivity index (χ3v) is 3.38.